The summed E-state index contributed by atoms with van der Waals surface area (Å²) < 4.78 is 28.5. The minimum atomic E-state index is -1.24. The SMILES string of the molecule is Cc1cc(-c2nnnn2C2(C(=O)O)CCC2)c(F)cc1F. The molecule has 1 heterocycles. The third-order valence-electron chi connectivity index (χ3n) is 3.94. The predicted molar refractivity (Wildman–Crippen MR) is 67.4 cm³/mol. The summed E-state index contributed by atoms with van der Waals surface area (Å²) in [6.45, 7) is 1.49. The average molecular weight is 294 g/mol. The molecule has 0 aliphatic heterocycles. The molecule has 6 nitrogen and oxygen atoms in total. The van der Waals surface area contributed by atoms with E-state index in [0.29, 0.717) is 12.8 Å². The molecule has 2 aromatic rings. The van der Waals surface area contributed by atoms with Gasteiger partial charge in [-0.05, 0) is 48.2 Å². The van der Waals surface area contributed by atoms with Gasteiger partial charge in [0.05, 0.1) is 5.56 Å². The van der Waals surface area contributed by atoms with E-state index in [1.807, 2.05) is 0 Å². The number of carboxylic acids is 1. The lowest BCUT2D eigenvalue weighted by molar-refractivity contribution is -0.153. The van der Waals surface area contributed by atoms with Crippen LogP contribution in [-0.2, 0) is 10.3 Å². The van der Waals surface area contributed by atoms with Crippen LogP contribution in [0.5, 0.6) is 0 Å². The predicted octanol–water partition coefficient (Wildman–Crippen LogP) is 1.89. The fraction of sp³-hybridized carbons (Fsp3) is 0.385. The summed E-state index contributed by atoms with van der Waals surface area (Å²) in [5, 5.41) is 20.3. The average Bonchev–Trinajstić information content (AvgIpc) is 2.81. The highest BCUT2D eigenvalue weighted by molar-refractivity contribution is 5.78. The number of halogens is 2. The Kier molecular flexibility index (Phi) is 2.96. The summed E-state index contributed by atoms with van der Waals surface area (Å²) in [5.74, 6) is -2.56. The van der Waals surface area contributed by atoms with Crippen LogP contribution >= 0.6 is 0 Å². The monoisotopic (exact) mass is 294 g/mol. The third kappa shape index (κ3) is 1.90. The molecule has 3 rings (SSSR count). The molecule has 0 bridgehead atoms. The Morgan fingerprint density at radius 2 is 2.05 bits per heavy atom. The zero-order valence-corrected chi connectivity index (χ0v) is 11.2. The second-order valence-electron chi connectivity index (χ2n) is 5.19. The summed E-state index contributed by atoms with van der Waals surface area (Å²) >= 11 is 0. The number of nitrogens with zero attached hydrogens (tertiary/aromatic N) is 4. The molecule has 0 spiro atoms. The van der Waals surface area contributed by atoms with Crippen LogP contribution in [0.3, 0.4) is 0 Å². The van der Waals surface area contributed by atoms with E-state index < -0.39 is 23.1 Å². The number of carbonyl (C=O) groups is 1. The smallest absolute Gasteiger partial charge is 0.331 e. The molecule has 1 aromatic heterocycles. The first kappa shape index (κ1) is 13.6. The zero-order chi connectivity index (χ0) is 15.2. The van der Waals surface area contributed by atoms with Gasteiger partial charge in [-0.1, -0.05) is 0 Å². The van der Waals surface area contributed by atoms with Gasteiger partial charge in [0, 0.05) is 6.07 Å². The van der Waals surface area contributed by atoms with Crippen molar-refractivity contribution < 1.29 is 18.7 Å². The van der Waals surface area contributed by atoms with Crippen LogP contribution in [0.2, 0.25) is 0 Å². The number of aryl methyl sites for hydroxylation is 1. The standard InChI is InChI=1S/C13H12F2N4O2/c1-7-5-8(10(15)6-9(7)14)11-16-17-18-19(11)13(12(20)21)3-2-4-13/h5-6H,2-4H2,1H3,(H,20,21). The van der Waals surface area contributed by atoms with Gasteiger partial charge < -0.3 is 5.11 Å². The van der Waals surface area contributed by atoms with Crippen LogP contribution < -0.4 is 0 Å². The molecular formula is C13H12F2N4O2. The van der Waals surface area contributed by atoms with E-state index in [4.69, 9.17) is 0 Å². The van der Waals surface area contributed by atoms with Gasteiger partial charge in [-0.2, -0.15) is 0 Å². The Hall–Kier alpha value is -2.38. The van der Waals surface area contributed by atoms with Crippen LogP contribution in [0.25, 0.3) is 11.4 Å². The maximum atomic E-state index is 14.0. The Labute approximate surface area is 118 Å². The van der Waals surface area contributed by atoms with Gasteiger partial charge in [-0.25, -0.2) is 18.3 Å². The highest BCUT2D eigenvalue weighted by Crippen LogP contribution is 2.41. The molecule has 0 saturated heterocycles. The summed E-state index contributed by atoms with van der Waals surface area (Å²) in [6, 6.07) is 2.03. The first-order chi connectivity index (χ1) is 9.95. The summed E-state index contributed by atoms with van der Waals surface area (Å²) in [5.41, 5.74) is -1.02. The van der Waals surface area contributed by atoms with Crippen LogP contribution in [-0.4, -0.2) is 31.3 Å². The molecule has 0 radical (unpaired) electrons. The van der Waals surface area contributed by atoms with Crippen molar-refractivity contribution in [2.75, 3.05) is 0 Å². The first-order valence-electron chi connectivity index (χ1n) is 6.44. The number of benzene rings is 1. The van der Waals surface area contributed by atoms with Crippen molar-refractivity contribution in [2.24, 2.45) is 0 Å². The molecule has 1 saturated carbocycles. The van der Waals surface area contributed by atoms with Crippen molar-refractivity contribution in [3.8, 4) is 11.4 Å². The maximum absolute atomic E-state index is 14.0. The normalized spacial score (nSPS) is 16.5. The lowest BCUT2D eigenvalue weighted by atomic mass is 9.76. The summed E-state index contributed by atoms with van der Waals surface area (Å²) in [4.78, 5) is 11.5. The van der Waals surface area contributed by atoms with Crippen molar-refractivity contribution in [1.29, 1.82) is 0 Å². The van der Waals surface area contributed by atoms with Crippen molar-refractivity contribution in [3.63, 3.8) is 0 Å². The lowest BCUT2D eigenvalue weighted by Crippen LogP contribution is -2.48. The second-order valence-corrected chi connectivity index (χ2v) is 5.19. The van der Waals surface area contributed by atoms with E-state index >= 15 is 0 Å². The third-order valence-corrected chi connectivity index (χ3v) is 3.94. The van der Waals surface area contributed by atoms with E-state index in [9.17, 15) is 18.7 Å². The fourth-order valence-electron chi connectivity index (χ4n) is 2.50. The van der Waals surface area contributed by atoms with E-state index in [1.54, 1.807) is 0 Å². The molecule has 1 aromatic carbocycles. The number of tetrazole rings is 1. The van der Waals surface area contributed by atoms with Crippen molar-refractivity contribution in [1.82, 2.24) is 20.2 Å². The molecule has 21 heavy (non-hydrogen) atoms. The topological polar surface area (TPSA) is 80.9 Å². The van der Waals surface area contributed by atoms with Crippen molar-refractivity contribution in [3.05, 3.63) is 29.3 Å². The molecule has 110 valence electrons. The number of carboxylic acid groups (broad SMARTS) is 1. The minimum Gasteiger partial charge on any atom is -0.479 e. The molecule has 1 fully saturated rings. The largest absolute Gasteiger partial charge is 0.479 e. The minimum absolute atomic E-state index is 0.00213. The number of hydrogen-bond acceptors (Lipinski definition) is 4. The zero-order valence-electron chi connectivity index (χ0n) is 11.2. The van der Waals surface area contributed by atoms with Gasteiger partial charge in [0.1, 0.15) is 11.6 Å². The number of aliphatic carboxylic acids is 1. The Morgan fingerprint density at radius 1 is 1.33 bits per heavy atom. The summed E-state index contributed by atoms with van der Waals surface area (Å²) in [6.07, 6.45) is 1.49. The summed E-state index contributed by atoms with van der Waals surface area (Å²) in [7, 11) is 0. The van der Waals surface area contributed by atoms with Crippen LogP contribution in [0.1, 0.15) is 24.8 Å². The van der Waals surface area contributed by atoms with Gasteiger partial charge in [0.25, 0.3) is 0 Å². The molecule has 1 aliphatic carbocycles. The van der Waals surface area contributed by atoms with Crippen molar-refractivity contribution >= 4 is 5.97 Å². The van der Waals surface area contributed by atoms with E-state index in [-0.39, 0.29) is 17.0 Å². The van der Waals surface area contributed by atoms with Gasteiger partial charge in [-0.15, -0.1) is 5.10 Å². The molecule has 1 aliphatic rings. The Balaban J connectivity index is 2.16. The molecule has 1 N–H and O–H groups in total. The van der Waals surface area contributed by atoms with Gasteiger partial charge in [0.15, 0.2) is 11.4 Å². The Morgan fingerprint density at radius 3 is 2.62 bits per heavy atom. The maximum Gasteiger partial charge on any atom is 0.331 e. The van der Waals surface area contributed by atoms with Gasteiger partial charge in [-0.3, -0.25) is 0 Å². The van der Waals surface area contributed by atoms with E-state index in [0.717, 1.165) is 17.2 Å². The van der Waals surface area contributed by atoms with Gasteiger partial charge in [0.2, 0.25) is 0 Å². The second kappa shape index (κ2) is 4.57. The van der Waals surface area contributed by atoms with Crippen LogP contribution in [0.4, 0.5) is 8.78 Å². The van der Waals surface area contributed by atoms with E-state index in [1.165, 1.54) is 13.0 Å². The van der Waals surface area contributed by atoms with Gasteiger partial charge >= 0.3 is 5.97 Å². The number of aromatic nitrogens is 4. The number of rotatable bonds is 3. The van der Waals surface area contributed by atoms with E-state index in [2.05, 4.69) is 15.5 Å². The fourth-order valence-corrected chi connectivity index (χ4v) is 2.50. The highest BCUT2D eigenvalue weighted by Gasteiger charge is 2.49. The molecule has 0 atom stereocenters. The molecule has 0 unspecified atom stereocenters. The molecular weight excluding hydrogens is 282 g/mol. The highest BCUT2D eigenvalue weighted by atomic mass is 19.1. The van der Waals surface area contributed by atoms with Crippen LogP contribution in [0, 0.1) is 18.6 Å². The number of hydrogen-bond donors (Lipinski definition) is 1. The van der Waals surface area contributed by atoms with Crippen molar-refractivity contribution in [2.45, 2.75) is 31.7 Å². The van der Waals surface area contributed by atoms with Crippen LogP contribution in [0.15, 0.2) is 12.1 Å². The first-order valence-corrected chi connectivity index (χ1v) is 6.44. The Bertz CT molecular complexity index is 725. The molecule has 8 heteroatoms. The lowest BCUT2D eigenvalue weighted by Gasteiger charge is -2.37. The molecule has 0 amide bonds. The quantitative estimate of drug-likeness (QED) is 0.935.